The van der Waals surface area contributed by atoms with E-state index >= 15 is 0 Å². The van der Waals surface area contributed by atoms with Crippen molar-refractivity contribution in [3.05, 3.63) is 29.3 Å². The molecule has 1 aromatic rings. The lowest BCUT2D eigenvalue weighted by molar-refractivity contribution is 0.0891. The van der Waals surface area contributed by atoms with Crippen LogP contribution in [0.1, 0.15) is 42.1 Å². The van der Waals surface area contributed by atoms with Crippen LogP contribution in [0.5, 0.6) is 0 Å². The minimum atomic E-state index is -3.38. The van der Waals surface area contributed by atoms with Gasteiger partial charge in [0.1, 0.15) is 0 Å². The fraction of sp³-hybridized carbons (Fsp3) is 0.562. The Kier molecular flexibility index (Phi) is 5.17. The van der Waals surface area contributed by atoms with Crippen molar-refractivity contribution in [2.75, 3.05) is 18.8 Å². The molecule has 1 heterocycles. The maximum atomic E-state index is 12.7. The summed E-state index contributed by atoms with van der Waals surface area (Å²) in [6.45, 7) is 5.36. The van der Waals surface area contributed by atoms with Crippen molar-refractivity contribution in [1.82, 2.24) is 5.32 Å². The molecule has 1 aliphatic heterocycles. The van der Waals surface area contributed by atoms with Gasteiger partial charge in [-0.2, -0.15) is 0 Å². The zero-order valence-corrected chi connectivity index (χ0v) is 13.5. The highest BCUT2D eigenvalue weighted by Gasteiger charge is 2.28. The van der Waals surface area contributed by atoms with Crippen LogP contribution in [-0.2, 0) is 9.84 Å². The Bertz CT molecular complexity index is 616. The minimum Gasteiger partial charge on any atom is -0.317 e. The highest BCUT2D eigenvalue weighted by atomic mass is 32.2. The van der Waals surface area contributed by atoms with Crippen molar-refractivity contribution >= 4 is 15.6 Å². The number of rotatable bonds is 5. The largest absolute Gasteiger partial charge is 0.317 e. The molecule has 0 aromatic heterocycles. The molecule has 0 bridgehead atoms. The molecule has 1 aliphatic rings. The van der Waals surface area contributed by atoms with Crippen molar-refractivity contribution < 1.29 is 13.2 Å². The Morgan fingerprint density at radius 2 is 1.95 bits per heavy atom. The standard InChI is InChI=1S/C16H23NO3S/c1-3-10-21(19,20)15-5-4-12(2)11-14(15)16(18)13-6-8-17-9-7-13/h4-5,11,13,17H,3,6-10H2,1-2H3. The second kappa shape index (κ2) is 6.71. The van der Waals surface area contributed by atoms with Gasteiger partial charge in [0.05, 0.1) is 10.6 Å². The number of benzene rings is 1. The third-order valence-corrected chi connectivity index (χ3v) is 5.89. The van der Waals surface area contributed by atoms with Crippen LogP contribution in [0.3, 0.4) is 0 Å². The summed E-state index contributed by atoms with van der Waals surface area (Å²) in [6.07, 6.45) is 2.11. The van der Waals surface area contributed by atoms with Gasteiger partial charge in [-0.1, -0.05) is 18.6 Å². The number of piperidine rings is 1. The summed E-state index contributed by atoms with van der Waals surface area (Å²) in [4.78, 5) is 12.9. The van der Waals surface area contributed by atoms with E-state index in [1.54, 1.807) is 18.2 Å². The van der Waals surface area contributed by atoms with Crippen LogP contribution in [0.25, 0.3) is 0 Å². The van der Waals surface area contributed by atoms with Gasteiger partial charge in [0, 0.05) is 11.5 Å². The van der Waals surface area contributed by atoms with Crippen LogP contribution in [0.15, 0.2) is 23.1 Å². The van der Waals surface area contributed by atoms with E-state index in [2.05, 4.69) is 5.32 Å². The van der Waals surface area contributed by atoms with Crippen molar-refractivity contribution in [2.45, 2.75) is 38.0 Å². The Morgan fingerprint density at radius 3 is 2.57 bits per heavy atom. The number of ketones is 1. The first kappa shape index (κ1) is 16.2. The Morgan fingerprint density at radius 1 is 1.29 bits per heavy atom. The molecule has 0 unspecified atom stereocenters. The van der Waals surface area contributed by atoms with Crippen LogP contribution >= 0.6 is 0 Å². The monoisotopic (exact) mass is 309 g/mol. The number of aryl methyl sites for hydroxylation is 1. The van der Waals surface area contributed by atoms with E-state index in [4.69, 9.17) is 0 Å². The van der Waals surface area contributed by atoms with E-state index in [9.17, 15) is 13.2 Å². The third-order valence-electron chi connectivity index (χ3n) is 3.92. The summed E-state index contributed by atoms with van der Waals surface area (Å²) in [7, 11) is -3.38. The second-order valence-corrected chi connectivity index (χ2v) is 7.78. The van der Waals surface area contributed by atoms with Gasteiger partial charge in [-0.3, -0.25) is 4.79 Å². The van der Waals surface area contributed by atoms with Crippen molar-refractivity contribution in [1.29, 1.82) is 0 Å². The number of nitrogens with one attached hydrogen (secondary N) is 1. The molecular weight excluding hydrogens is 286 g/mol. The number of hydrogen-bond acceptors (Lipinski definition) is 4. The van der Waals surface area contributed by atoms with E-state index in [1.807, 2.05) is 13.8 Å². The number of sulfone groups is 1. The molecule has 0 amide bonds. The maximum Gasteiger partial charge on any atom is 0.179 e. The van der Waals surface area contributed by atoms with Gasteiger partial charge in [0.15, 0.2) is 15.6 Å². The maximum absolute atomic E-state index is 12.7. The zero-order valence-electron chi connectivity index (χ0n) is 12.7. The van der Waals surface area contributed by atoms with Crippen molar-refractivity contribution in [3.8, 4) is 0 Å². The van der Waals surface area contributed by atoms with Gasteiger partial charge in [0.25, 0.3) is 0 Å². The predicted molar refractivity (Wildman–Crippen MR) is 83.4 cm³/mol. The van der Waals surface area contributed by atoms with Crippen molar-refractivity contribution in [2.24, 2.45) is 5.92 Å². The van der Waals surface area contributed by atoms with Gasteiger partial charge >= 0.3 is 0 Å². The molecule has 1 aromatic carbocycles. The Labute approximate surface area is 126 Å². The van der Waals surface area contributed by atoms with E-state index in [0.29, 0.717) is 12.0 Å². The normalized spacial score (nSPS) is 16.9. The fourth-order valence-corrected chi connectivity index (χ4v) is 4.32. The second-order valence-electron chi connectivity index (χ2n) is 5.71. The smallest absolute Gasteiger partial charge is 0.179 e. The first-order valence-corrected chi connectivity index (χ1v) is 9.19. The van der Waals surface area contributed by atoms with E-state index in [0.717, 1.165) is 31.5 Å². The summed E-state index contributed by atoms with van der Waals surface area (Å²) in [5, 5.41) is 3.23. The molecule has 0 spiro atoms. The lowest BCUT2D eigenvalue weighted by Crippen LogP contribution is -2.32. The molecule has 116 valence electrons. The number of carbonyl (C=O) groups excluding carboxylic acids is 1. The molecule has 5 heteroatoms. The summed E-state index contributed by atoms with van der Waals surface area (Å²) < 4.78 is 24.8. The van der Waals surface area contributed by atoms with Crippen LogP contribution in [0.4, 0.5) is 0 Å². The molecular formula is C16H23NO3S. The zero-order chi connectivity index (χ0) is 15.5. The third kappa shape index (κ3) is 3.71. The van der Waals surface area contributed by atoms with Gasteiger partial charge in [-0.15, -0.1) is 0 Å². The average molecular weight is 309 g/mol. The Balaban J connectivity index is 2.41. The predicted octanol–water partition coefficient (Wildman–Crippen LogP) is 2.36. The quantitative estimate of drug-likeness (QED) is 0.848. The Hall–Kier alpha value is -1.20. The van der Waals surface area contributed by atoms with Crippen LogP contribution < -0.4 is 5.32 Å². The highest BCUT2D eigenvalue weighted by Crippen LogP contribution is 2.25. The topological polar surface area (TPSA) is 63.2 Å². The van der Waals surface area contributed by atoms with E-state index in [-0.39, 0.29) is 22.3 Å². The number of hydrogen-bond donors (Lipinski definition) is 1. The molecule has 4 nitrogen and oxygen atoms in total. The molecule has 0 atom stereocenters. The van der Waals surface area contributed by atoms with E-state index < -0.39 is 9.84 Å². The molecule has 0 aliphatic carbocycles. The lowest BCUT2D eigenvalue weighted by Gasteiger charge is -2.22. The molecule has 1 fully saturated rings. The fourth-order valence-electron chi connectivity index (χ4n) is 2.79. The van der Waals surface area contributed by atoms with E-state index in [1.165, 1.54) is 0 Å². The molecule has 1 N–H and O–H groups in total. The number of Topliss-reactive ketones (excluding diaryl/α,β-unsaturated/α-hetero) is 1. The number of carbonyl (C=O) groups is 1. The molecule has 1 saturated heterocycles. The summed E-state index contributed by atoms with van der Waals surface area (Å²) in [5.74, 6) is 0.00116. The highest BCUT2D eigenvalue weighted by molar-refractivity contribution is 7.91. The molecule has 0 saturated carbocycles. The lowest BCUT2D eigenvalue weighted by atomic mass is 9.89. The average Bonchev–Trinajstić information content (AvgIpc) is 2.47. The molecule has 2 rings (SSSR count). The van der Waals surface area contributed by atoms with Crippen molar-refractivity contribution in [3.63, 3.8) is 0 Å². The SMILES string of the molecule is CCCS(=O)(=O)c1ccc(C)cc1C(=O)C1CCNCC1. The van der Waals surface area contributed by atoms with Crippen LogP contribution in [0.2, 0.25) is 0 Å². The first-order valence-electron chi connectivity index (χ1n) is 7.54. The summed E-state index contributed by atoms with van der Waals surface area (Å²) in [6, 6.07) is 5.09. The van der Waals surface area contributed by atoms with Gasteiger partial charge in [-0.25, -0.2) is 8.42 Å². The van der Waals surface area contributed by atoms with Crippen LogP contribution in [-0.4, -0.2) is 33.0 Å². The minimum absolute atomic E-state index is 0.0186. The van der Waals surface area contributed by atoms with Gasteiger partial charge in [0.2, 0.25) is 0 Å². The molecule has 0 radical (unpaired) electrons. The van der Waals surface area contributed by atoms with Crippen LogP contribution in [0, 0.1) is 12.8 Å². The van der Waals surface area contributed by atoms with Gasteiger partial charge in [-0.05, 0) is 51.4 Å². The molecule has 21 heavy (non-hydrogen) atoms. The summed E-state index contributed by atoms with van der Waals surface area (Å²) >= 11 is 0. The first-order chi connectivity index (χ1) is 9.95. The van der Waals surface area contributed by atoms with Gasteiger partial charge < -0.3 is 5.32 Å². The summed E-state index contributed by atoms with van der Waals surface area (Å²) in [5.41, 5.74) is 1.30.